The van der Waals surface area contributed by atoms with Gasteiger partial charge in [0, 0.05) is 12.6 Å². The maximum absolute atomic E-state index is 11.3. The molecular formula is C23H35NO2. The number of hydrogen-bond acceptors (Lipinski definition) is 3. The third-order valence-corrected chi connectivity index (χ3v) is 6.21. The van der Waals surface area contributed by atoms with Crippen molar-refractivity contribution in [3.8, 4) is 0 Å². The Morgan fingerprint density at radius 1 is 1.35 bits per heavy atom. The maximum Gasteiger partial charge on any atom is 0.111 e. The number of rotatable bonds is 7. The molecule has 4 atom stereocenters. The van der Waals surface area contributed by atoms with Crippen molar-refractivity contribution in [2.24, 2.45) is 5.92 Å². The summed E-state index contributed by atoms with van der Waals surface area (Å²) < 4.78 is 6.44. The molecule has 1 N–H and O–H groups in total. The summed E-state index contributed by atoms with van der Waals surface area (Å²) in [6.07, 6.45) is 7.77. The van der Waals surface area contributed by atoms with Crippen LogP contribution in [0.2, 0.25) is 0 Å². The Morgan fingerprint density at radius 2 is 2.12 bits per heavy atom. The molecule has 144 valence electrons. The van der Waals surface area contributed by atoms with E-state index in [0.717, 1.165) is 30.6 Å². The van der Waals surface area contributed by atoms with E-state index < -0.39 is 11.7 Å². The van der Waals surface area contributed by atoms with Crippen molar-refractivity contribution in [1.82, 2.24) is 4.90 Å². The van der Waals surface area contributed by atoms with E-state index in [4.69, 9.17) is 4.74 Å². The quantitative estimate of drug-likeness (QED) is 0.727. The normalized spacial score (nSPS) is 31.9. The number of piperidine rings is 1. The summed E-state index contributed by atoms with van der Waals surface area (Å²) in [5.41, 5.74) is 1.78. The first kappa shape index (κ1) is 19.6. The van der Waals surface area contributed by atoms with Crippen LogP contribution in [-0.4, -0.2) is 40.8 Å². The van der Waals surface area contributed by atoms with Gasteiger partial charge in [-0.25, -0.2) is 0 Å². The molecular weight excluding hydrogens is 322 g/mol. The number of nitrogens with zero attached hydrogens (tertiary/aromatic N) is 1. The number of hydrogen-bond donors (Lipinski definition) is 1. The van der Waals surface area contributed by atoms with Crippen LogP contribution >= 0.6 is 0 Å². The predicted molar refractivity (Wildman–Crippen MR) is 107 cm³/mol. The zero-order chi connectivity index (χ0) is 18.6. The molecule has 3 nitrogen and oxygen atoms in total. The fraction of sp³-hybridized carbons (Fsp3) is 0.652. The Bertz CT molecular complexity index is 599. The number of aliphatic hydroxyl groups is 1. The minimum Gasteiger partial charge on any atom is -0.386 e. The monoisotopic (exact) mass is 357 g/mol. The minimum atomic E-state index is -0.541. The van der Waals surface area contributed by atoms with Crippen LogP contribution in [0.25, 0.3) is 0 Å². The van der Waals surface area contributed by atoms with Crippen LogP contribution in [0, 0.1) is 5.92 Å². The van der Waals surface area contributed by atoms with E-state index in [1.807, 2.05) is 18.2 Å². The van der Waals surface area contributed by atoms with E-state index in [1.165, 1.54) is 25.7 Å². The smallest absolute Gasteiger partial charge is 0.111 e. The van der Waals surface area contributed by atoms with E-state index in [-0.39, 0.29) is 0 Å². The highest BCUT2D eigenvalue weighted by molar-refractivity contribution is 5.25. The molecule has 0 unspecified atom stereocenters. The summed E-state index contributed by atoms with van der Waals surface area (Å²) in [4.78, 5) is 2.52. The van der Waals surface area contributed by atoms with Crippen molar-refractivity contribution in [3.63, 3.8) is 0 Å². The molecule has 2 heterocycles. The largest absolute Gasteiger partial charge is 0.386 e. The van der Waals surface area contributed by atoms with Gasteiger partial charge in [-0.15, -0.1) is 0 Å². The molecule has 2 saturated heterocycles. The topological polar surface area (TPSA) is 32.7 Å². The minimum absolute atomic E-state index is 0.310. The Balaban J connectivity index is 1.77. The lowest BCUT2D eigenvalue weighted by molar-refractivity contribution is -0.158. The van der Waals surface area contributed by atoms with Crippen LogP contribution in [0.4, 0.5) is 0 Å². The fourth-order valence-electron chi connectivity index (χ4n) is 4.64. The van der Waals surface area contributed by atoms with Crippen molar-refractivity contribution < 1.29 is 9.84 Å². The lowest BCUT2D eigenvalue weighted by Gasteiger charge is -2.49. The van der Waals surface area contributed by atoms with Crippen LogP contribution < -0.4 is 0 Å². The lowest BCUT2D eigenvalue weighted by Crippen LogP contribution is -2.62. The molecule has 26 heavy (non-hydrogen) atoms. The second-order valence-electron chi connectivity index (χ2n) is 8.35. The third kappa shape index (κ3) is 4.21. The van der Waals surface area contributed by atoms with E-state index in [0.29, 0.717) is 18.6 Å². The molecule has 0 radical (unpaired) electrons. The average molecular weight is 358 g/mol. The predicted octanol–water partition coefficient (Wildman–Crippen LogP) is 4.55. The second-order valence-corrected chi connectivity index (χ2v) is 8.35. The first-order chi connectivity index (χ1) is 12.5. The summed E-state index contributed by atoms with van der Waals surface area (Å²) in [5, 5.41) is 11.3. The maximum atomic E-state index is 11.3. The van der Waals surface area contributed by atoms with Crippen molar-refractivity contribution in [2.45, 2.75) is 77.2 Å². The number of unbranched alkanes of at least 4 members (excludes halogenated alkanes) is 1. The highest BCUT2D eigenvalue weighted by Crippen LogP contribution is 2.40. The molecule has 2 aliphatic rings. The zero-order valence-corrected chi connectivity index (χ0v) is 16.7. The van der Waals surface area contributed by atoms with E-state index in [1.54, 1.807) is 0 Å². The molecule has 0 bridgehead atoms. The van der Waals surface area contributed by atoms with Crippen molar-refractivity contribution >= 4 is 0 Å². The van der Waals surface area contributed by atoms with Crippen molar-refractivity contribution in [3.05, 3.63) is 47.5 Å². The van der Waals surface area contributed by atoms with Gasteiger partial charge in [0.2, 0.25) is 0 Å². The van der Waals surface area contributed by atoms with Crippen LogP contribution in [0.3, 0.4) is 0 Å². The van der Waals surface area contributed by atoms with Gasteiger partial charge in [0.1, 0.15) is 11.7 Å². The molecule has 0 aliphatic carbocycles. The van der Waals surface area contributed by atoms with Gasteiger partial charge in [-0.05, 0) is 49.8 Å². The summed E-state index contributed by atoms with van der Waals surface area (Å²) >= 11 is 0. The second kappa shape index (κ2) is 8.69. The number of aliphatic hydroxyl groups excluding tert-OH is 1. The molecule has 0 amide bonds. The SMILES string of the molecule is CCCC[C@@H](C)/C=C1/CN2CCC[C@H]2[C@@](C)(OCc2ccccc2)[C@@H]1O. The summed E-state index contributed by atoms with van der Waals surface area (Å²) in [6, 6.07) is 10.6. The summed E-state index contributed by atoms with van der Waals surface area (Å²) in [6.45, 7) is 9.19. The number of benzene rings is 1. The number of ether oxygens (including phenoxy) is 1. The third-order valence-electron chi connectivity index (χ3n) is 6.21. The van der Waals surface area contributed by atoms with E-state index >= 15 is 0 Å². The van der Waals surface area contributed by atoms with Gasteiger partial charge in [0.05, 0.1) is 6.61 Å². The van der Waals surface area contributed by atoms with Gasteiger partial charge in [0.25, 0.3) is 0 Å². The van der Waals surface area contributed by atoms with Gasteiger partial charge in [0.15, 0.2) is 0 Å². The molecule has 0 spiro atoms. The molecule has 1 aromatic carbocycles. The fourth-order valence-corrected chi connectivity index (χ4v) is 4.64. The Hall–Kier alpha value is -1.16. The van der Waals surface area contributed by atoms with Gasteiger partial charge in [-0.1, -0.05) is 63.1 Å². The van der Waals surface area contributed by atoms with E-state index in [9.17, 15) is 5.11 Å². The van der Waals surface area contributed by atoms with Crippen molar-refractivity contribution in [2.75, 3.05) is 13.1 Å². The standard InChI is InChI=1S/C23H35NO2/c1-4-5-10-18(2)15-20-16-24-14-9-13-21(24)23(3,22(20)25)26-17-19-11-7-6-8-12-19/h6-8,11-12,15,18,21-22,25H,4-5,9-10,13-14,16-17H2,1-3H3/b20-15-/t18-,21+,22-,23-/m1/s1. The molecule has 2 fully saturated rings. The van der Waals surface area contributed by atoms with Crippen LogP contribution in [0.1, 0.15) is 58.4 Å². The highest BCUT2D eigenvalue weighted by Gasteiger charge is 2.51. The number of allylic oxidation sites excluding steroid dienone is 1. The summed E-state index contributed by atoms with van der Waals surface area (Å²) in [7, 11) is 0. The van der Waals surface area contributed by atoms with Crippen LogP contribution in [-0.2, 0) is 11.3 Å². The molecule has 0 saturated carbocycles. The zero-order valence-electron chi connectivity index (χ0n) is 16.7. The van der Waals surface area contributed by atoms with Crippen molar-refractivity contribution in [1.29, 1.82) is 0 Å². The molecule has 3 heteroatoms. The Labute approximate surface area is 159 Å². The lowest BCUT2D eigenvalue weighted by atomic mass is 9.79. The van der Waals surface area contributed by atoms with Crippen LogP contribution in [0.5, 0.6) is 0 Å². The van der Waals surface area contributed by atoms with Gasteiger partial charge in [-0.3, -0.25) is 4.90 Å². The van der Waals surface area contributed by atoms with Gasteiger partial charge in [-0.2, -0.15) is 0 Å². The molecule has 2 aliphatic heterocycles. The molecule has 0 aromatic heterocycles. The average Bonchev–Trinajstić information content (AvgIpc) is 3.13. The number of fused-ring (bicyclic) bond motifs is 1. The van der Waals surface area contributed by atoms with E-state index in [2.05, 4.69) is 43.9 Å². The summed E-state index contributed by atoms with van der Waals surface area (Å²) in [5.74, 6) is 0.511. The first-order valence-electron chi connectivity index (χ1n) is 10.3. The Morgan fingerprint density at radius 3 is 2.85 bits per heavy atom. The van der Waals surface area contributed by atoms with Gasteiger partial charge >= 0.3 is 0 Å². The van der Waals surface area contributed by atoms with Crippen LogP contribution in [0.15, 0.2) is 42.0 Å². The van der Waals surface area contributed by atoms with Gasteiger partial charge < -0.3 is 9.84 Å². The molecule has 3 rings (SSSR count). The molecule has 1 aromatic rings. The Kier molecular flexibility index (Phi) is 6.55. The first-order valence-corrected chi connectivity index (χ1v) is 10.3. The highest BCUT2D eigenvalue weighted by atomic mass is 16.5.